The van der Waals surface area contributed by atoms with Gasteiger partial charge in [0.1, 0.15) is 0 Å². The average molecular weight is 372 g/mol. The van der Waals surface area contributed by atoms with Crippen molar-refractivity contribution in [3.05, 3.63) is 54.6 Å². The van der Waals surface area contributed by atoms with E-state index in [0.717, 1.165) is 16.6 Å². The van der Waals surface area contributed by atoms with Gasteiger partial charge in [0.05, 0.1) is 5.52 Å². The molecule has 0 saturated heterocycles. The maximum absolute atomic E-state index is 10.2. The molecular weight excluding hydrogens is 360 g/mol. The number of fused-ring (bicyclic) bond motifs is 2. The molecule has 0 aliphatic carbocycles. The number of aromatic amines is 1. The molecule has 0 aliphatic heterocycles. The summed E-state index contributed by atoms with van der Waals surface area (Å²) in [7, 11) is 0. The normalized spacial score (nSPS) is 11.6. The van der Waals surface area contributed by atoms with Crippen LogP contribution in [0.25, 0.3) is 22.2 Å². The molecule has 5 rings (SSSR count). The molecule has 0 aliphatic rings. The quantitative estimate of drug-likeness (QED) is 0.398. The summed E-state index contributed by atoms with van der Waals surface area (Å²) in [5, 5.41) is 29.8. The molecule has 3 heterocycles. The van der Waals surface area contributed by atoms with Crippen molar-refractivity contribution in [1.82, 2.24) is 25.3 Å². The van der Waals surface area contributed by atoms with E-state index in [1.165, 1.54) is 0 Å². The minimum atomic E-state index is -0.0836. The molecule has 2 aromatic carbocycles. The summed E-state index contributed by atoms with van der Waals surface area (Å²) in [5.74, 6) is 0.425. The molecule has 10 heteroatoms. The van der Waals surface area contributed by atoms with Crippen LogP contribution in [0.5, 0.6) is 5.88 Å². The van der Waals surface area contributed by atoms with E-state index in [9.17, 15) is 5.11 Å². The van der Waals surface area contributed by atoms with Crippen LogP contribution in [-0.2, 0) is 0 Å². The fourth-order valence-corrected chi connectivity index (χ4v) is 2.75. The summed E-state index contributed by atoms with van der Waals surface area (Å²) < 4.78 is 4.68. The van der Waals surface area contributed by atoms with Gasteiger partial charge in [0.2, 0.25) is 23.0 Å². The Morgan fingerprint density at radius 3 is 2.50 bits per heavy atom. The third-order valence-electron chi connectivity index (χ3n) is 4.04. The van der Waals surface area contributed by atoms with Crippen molar-refractivity contribution in [1.29, 1.82) is 0 Å². The minimum Gasteiger partial charge on any atom is -0.493 e. The Morgan fingerprint density at radius 1 is 0.893 bits per heavy atom. The van der Waals surface area contributed by atoms with E-state index in [1.807, 2.05) is 54.6 Å². The molecule has 136 valence electrons. The lowest BCUT2D eigenvalue weighted by atomic mass is 10.2. The van der Waals surface area contributed by atoms with Crippen LogP contribution >= 0.6 is 0 Å². The van der Waals surface area contributed by atoms with Crippen LogP contribution in [-0.4, -0.2) is 30.4 Å². The predicted molar refractivity (Wildman–Crippen MR) is 101 cm³/mol. The van der Waals surface area contributed by atoms with E-state index < -0.39 is 0 Å². The number of anilines is 2. The van der Waals surface area contributed by atoms with Gasteiger partial charge in [0, 0.05) is 11.1 Å². The number of para-hydroxylation sites is 2. The zero-order valence-corrected chi connectivity index (χ0v) is 14.2. The first-order chi connectivity index (χ1) is 13.8. The lowest BCUT2D eigenvalue weighted by molar-refractivity contribution is 0.314. The largest absolute Gasteiger partial charge is 0.493 e. The molecule has 0 atom stereocenters. The summed E-state index contributed by atoms with van der Waals surface area (Å²) in [6.45, 7) is 0. The minimum absolute atomic E-state index is 0.0836. The van der Waals surface area contributed by atoms with Crippen LogP contribution in [0, 0.1) is 0 Å². The van der Waals surface area contributed by atoms with E-state index in [4.69, 9.17) is 0 Å². The summed E-state index contributed by atoms with van der Waals surface area (Å²) in [4.78, 5) is 11.5. The molecular formula is C18H12N8O2. The van der Waals surface area contributed by atoms with E-state index in [0.29, 0.717) is 11.5 Å². The Morgan fingerprint density at radius 2 is 1.64 bits per heavy atom. The number of nitrogens with one attached hydrogen (secondary N) is 2. The molecule has 0 fully saturated rings. The number of nitrogens with zero attached hydrogens (tertiary/aromatic N) is 6. The fourth-order valence-electron chi connectivity index (χ4n) is 2.75. The summed E-state index contributed by atoms with van der Waals surface area (Å²) in [5.41, 5.74) is 2.29. The van der Waals surface area contributed by atoms with Crippen molar-refractivity contribution in [3.63, 3.8) is 0 Å². The average Bonchev–Trinajstić information content (AvgIpc) is 3.30. The predicted octanol–water partition coefficient (Wildman–Crippen LogP) is 4.36. The monoisotopic (exact) mass is 372 g/mol. The van der Waals surface area contributed by atoms with Gasteiger partial charge in [-0.1, -0.05) is 36.4 Å². The molecule has 0 bridgehead atoms. The molecule has 5 aromatic rings. The Labute approximate surface area is 156 Å². The lowest BCUT2D eigenvalue weighted by Gasteiger charge is -2.06. The standard InChI is InChI=1S/C18H12N8O2/c27-18-13(11-8-4-5-9-12(11)20-18)23-24-15-14(19-10-6-2-1-3-7-10)21-16-17(22-15)26-28-25-16/h1-9,20,27H,(H,19,21,25). The van der Waals surface area contributed by atoms with Crippen molar-refractivity contribution in [2.45, 2.75) is 0 Å². The summed E-state index contributed by atoms with van der Waals surface area (Å²) >= 11 is 0. The van der Waals surface area contributed by atoms with Crippen molar-refractivity contribution in [3.8, 4) is 5.88 Å². The van der Waals surface area contributed by atoms with Gasteiger partial charge in [-0.05, 0) is 28.5 Å². The van der Waals surface area contributed by atoms with Gasteiger partial charge in [0.15, 0.2) is 11.5 Å². The van der Waals surface area contributed by atoms with Crippen LogP contribution in [0.4, 0.5) is 23.0 Å². The van der Waals surface area contributed by atoms with E-state index in [1.54, 1.807) is 0 Å². The first kappa shape index (κ1) is 15.9. The fraction of sp³-hybridized carbons (Fsp3) is 0. The van der Waals surface area contributed by atoms with Crippen LogP contribution in [0.15, 0.2) is 69.5 Å². The van der Waals surface area contributed by atoms with Crippen molar-refractivity contribution >= 4 is 45.2 Å². The Kier molecular flexibility index (Phi) is 3.65. The number of hydrogen-bond donors (Lipinski definition) is 3. The lowest BCUT2D eigenvalue weighted by Crippen LogP contribution is -1.96. The van der Waals surface area contributed by atoms with Gasteiger partial charge < -0.3 is 15.4 Å². The zero-order valence-electron chi connectivity index (χ0n) is 14.2. The Hall–Kier alpha value is -4.34. The number of aromatic hydroxyl groups is 1. The van der Waals surface area contributed by atoms with Crippen LogP contribution in [0.1, 0.15) is 0 Å². The highest BCUT2D eigenvalue weighted by Gasteiger charge is 2.14. The van der Waals surface area contributed by atoms with Gasteiger partial charge in [-0.25, -0.2) is 9.61 Å². The maximum Gasteiger partial charge on any atom is 0.245 e. The second kappa shape index (κ2) is 6.43. The van der Waals surface area contributed by atoms with Crippen LogP contribution in [0.3, 0.4) is 0 Å². The van der Waals surface area contributed by atoms with Crippen LogP contribution in [0.2, 0.25) is 0 Å². The van der Waals surface area contributed by atoms with Gasteiger partial charge in [-0.15, -0.1) is 10.2 Å². The molecule has 10 nitrogen and oxygen atoms in total. The van der Waals surface area contributed by atoms with Gasteiger partial charge in [-0.2, -0.15) is 4.98 Å². The number of hydrogen-bond acceptors (Lipinski definition) is 9. The number of azo groups is 1. The third kappa shape index (κ3) is 2.78. The number of benzene rings is 2. The highest BCUT2D eigenvalue weighted by atomic mass is 16.6. The van der Waals surface area contributed by atoms with E-state index >= 15 is 0 Å². The highest BCUT2D eigenvalue weighted by molar-refractivity contribution is 5.94. The first-order valence-electron chi connectivity index (χ1n) is 8.32. The van der Waals surface area contributed by atoms with Gasteiger partial charge >= 0.3 is 0 Å². The third-order valence-corrected chi connectivity index (χ3v) is 4.04. The smallest absolute Gasteiger partial charge is 0.245 e. The molecule has 0 radical (unpaired) electrons. The second-order valence-corrected chi connectivity index (χ2v) is 5.87. The molecule has 0 saturated carbocycles. The molecule has 0 unspecified atom stereocenters. The van der Waals surface area contributed by atoms with Crippen molar-refractivity contribution in [2.75, 3.05) is 5.32 Å². The summed E-state index contributed by atoms with van der Waals surface area (Å²) in [6, 6.07) is 16.8. The number of rotatable bonds is 4. The Bertz CT molecular complexity index is 1310. The Balaban J connectivity index is 1.60. The van der Waals surface area contributed by atoms with Crippen molar-refractivity contribution < 1.29 is 9.74 Å². The van der Waals surface area contributed by atoms with E-state index in [-0.39, 0.29) is 23.0 Å². The molecule has 0 spiro atoms. The summed E-state index contributed by atoms with van der Waals surface area (Å²) in [6.07, 6.45) is 0. The molecule has 28 heavy (non-hydrogen) atoms. The van der Waals surface area contributed by atoms with E-state index in [2.05, 4.69) is 45.4 Å². The van der Waals surface area contributed by atoms with Crippen LogP contribution < -0.4 is 5.32 Å². The molecule has 3 aromatic heterocycles. The topological polar surface area (TPSA) is 137 Å². The molecule has 0 amide bonds. The zero-order chi connectivity index (χ0) is 18.9. The highest BCUT2D eigenvalue weighted by Crippen LogP contribution is 2.36. The van der Waals surface area contributed by atoms with Gasteiger partial charge in [-0.3, -0.25) is 0 Å². The first-order valence-corrected chi connectivity index (χ1v) is 8.32. The maximum atomic E-state index is 10.2. The van der Waals surface area contributed by atoms with Crippen molar-refractivity contribution in [2.24, 2.45) is 10.2 Å². The number of H-pyrrole nitrogens is 1. The van der Waals surface area contributed by atoms with Gasteiger partial charge in [0.25, 0.3) is 0 Å². The number of aromatic nitrogens is 5. The SMILES string of the molecule is Oc1[nH]c2ccccc2c1N=Nc1nc2nonc2nc1Nc1ccccc1. The molecule has 3 N–H and O–H groups in total. The second-order valence-electron chi connectivity index (χ2n) is 5.87.